The standard InChI is InChI=1S/C9H13N5OS/c1-5(10)8-13-14-9(15-8)11-3-7-6(2)12-4-16-7/h4-5H,3,10H2,1-2H3,(H,11,14). The highest BCUT2D eigenvalue weighted by molar-refractivity contribution is 7.09. The first-order valence-corrected chi connectivity index (χ1v) is 5.76. The normalized spacial score (nSPS) is 12.7. The van der Waals surface area contributed by atoms with Crippen LogP contribution in [-0.2, 0) is 6.54 Å². The van der Waals surface area contributed by atoms with Crippen molar-refractivity contribution in [3.63, 3.8) is 0 Å². The number of rotatable bonds is 4. The molecule has 7 heteroatoms. The molecule has 1 atom stereocenters. The van der Waals surface area contributed by atoms with E-state index in [0.717, 1.165) is 10.6 Å². The SMILES string of the molecule is Cc1ncsc1CNc1nnc(C(C)N)o1. The van der Waals surface area contributed by atoms with Crippen LogP contribution in [-0.4, -0.2) is 15.2 Å². The first-order chi connectivity index (χ1) is 7.66. The largest absolute Gasteiger partial charge is 0.406 e. The van der Waals surface area contributed by atoms with Crippen molar-refractivity contribution in [3.05, 3.63) is 22.0 Å². The van der Waals surface area contributed by atoms with E-state index in [2.05, 4.69) is 20.5 Å². The fourth-order valence-corrected chi connectivity index (χ4v) is 1.86. The molecule has 0 fully saturated rings. The first kappa shape index (κ1) is 11.0. The van der Waals surface area contributed by atoms with Crippen LogP contribution in [0, 0.1) is 6.92 Å². The highest BCUT2D eigenvalue weighted by atomic mass is 32.1. The number of nitrogens with zero attached hydrogens (tertiary/aromatic N) is 3. The molecule has 16 heavy (non-hydrogen) atoms. The second kappa shape index (κ2) is 4.58. The maximum atomic E-state index is 5.61. The second-order valence-electron chi connectivity index (χ2n) is 3.45. The Hall–Kier alpha value is -1.47. The Morgan fingerprint density at radius 3 is 2.94 bits per heavy atom. The predicted molar refractivity (Wildman–Crippen MR) is 61.1 cm³/mol. The van der Waals surface area contributed by atoms with Crippen LogP contribution in [0.15, 0.2) is 9.93 Å². The van der Waals surface area contributed by atoms with Crippen LogP contribution in [0.2, 0.25) is 0 Å². The van der Waals surface area contributed by atoms with Crippen molar-refractivity contribution in [3.8, 4) is 0 Å². The van der Waals surface area contributed by atoms with E-state index in [1.165, 1.54) is 0 Å². The number of nitrogens with one attached hydrogen (secondary N) is 1. The van der Waals surface area contributed by atoms with Crippen molar-refractivity contribution in [1.29, 1.82) is 0 Å². The second-order valence-corrected chi connectivity index (χ2v) is 4.39. The molecule has 2 aromatic rings. The summed E-state index contributed by atoms with van der Waals surface area (Å²) in [7, 11) is 0. The monoisotopic (exact) mass is 239 g/mol. The van der Waals surface area contributed by atoms with E-state index in [1.807, 2.05) is 12.4 Å². The number of hydrogen-bond acceptors (Lipinski definition) is 7. The molecule has 0 aliphatic carbocycles. The van der Waals surface area contributed by atoms with Gasteiger partial charge in [0, 0.05) is 4.88 Å². The summed E-state index contributed by atoms with van der Waals surface area (Å²) < 4.78 is 5.31. The third-order valence-corrected chi connectivity index (χ3v) is 3.01. The highest BCUT2D eigenvalue weighted by Crippen LogP contribution is 2.15. The Balaban J connectivity index is 1.97. The van der Waals surface area contributed by atoms with Gasteiger partial charge in [-0.1, -0.05) is 5.10 Å². The van der Waals surface area contributed by atoms with Crippen molar-refractivity contribution in [1.82, 2.24) is 15.2 Å². The molecule has 0 aliphatic heterocycles. The van der Waals surface area contributed by atoms with Gasteiger partial charge in [0.25, 0.3) is 0 Å². The lowest BCUT2D eigenvalue weighted by atomic mass is 10.4. The Kier molecular flexibility index (Phi) is 3.16. The van der Waals surface area contributed by atoms with Gasteiger partial charge in [-0.25, -0.2) is 4.98 Å². The van der Waals surface area contributed by atoms with E-state index < -0.39 is 0 Å². The molecule has 0 aliphatic rings. The predicted octanol–water partition coefficient (Wildman–Crippen LogP) is 1.47. The summed E-state index contributed by atoms with van der Waals surface area (Å²) in [5, 5.41) is 10.7. The molecule has 0 radical (unpaired) electrons. The van der Waals surface area contributed by atoms with E-state index in [4.69, 9.17) is 10.2 Å². The van der Waals surface area contributed by atoms with Gasteiger partial charge in [0.1, 0.15) is 0 Å². The third-order valence-electron chi connectivity index (χ3n) is 2.08. The number of nitrogens with two attached hydrogens (primary N) is 1. The van der Waals surface area contributed by atoms with Crippen LogP contribution < -0.4 is 11.1 Å². The minimum absolute atomic E-state index is 0.242. The maximum Gasteiger partial charge on any atom is 0.315 e. The number of thiazole rings is 1. The fraction of sp³-hybridized carbons (Fsp3) is 0.444. The van der Waals surface area contributed by atoms with Gasteiger partial charge in [0.2, 0.25) is 5.89 Å². The summed E-state index contributed by atoms with van der Waals surface area (Å²) in [5.41, 5.74) is 8.44. The van der Waals surface area contributed by atoms with Crippen LogP contribution in [0.5, 0.6) is 0 Å². The van der Waals surface area contributed by atoms with Gasteiger partial charge < -0.3 is 15.5 Å². The molecule has 0 amide bonds. The Labute approximate surface area is 96.9 Å². The summed E-state index contributed by atoms with van der Waals surface area (Å²) in [6.07, 6.45) is 0. The molecule has 2 heterocycles. The van der Waals surface area contributed by atoms with Crippen LogP contribution in [0.3, 0.4) is 0 Å². The number of anilines is 1. The minimum atomic E-state index is -0.242. The Morgan fingerprint density at radius 2 is 2.38 bits per heavy atom. The zero-order valence-electron chi connectivity index (χ0n) is 9.10. The summed E-state index contributed by atoms with van der Waals surface area (Å²) >= 11 is 1.59. The lowest BCUT2D eigenvalue weighted by Gasteiger charge is -1.99. The van der Waals surface area contributed by atoms with Crippen molar-refractivity contribution < 1.29 is 4.42 Å². The Bertz CT molecular complexity index is 464. The van der Waals surface area contributed by atoms with Gasteiger partial charge in [0.15, 0.2) is 0 Å². The molecule has 86 valence electrons. The summed E-state index contributed by atoms with van der Waals surface area (Å²) in [6.45, 7) is 4.40. The van der Waals surface area contributed by atoms with E-state index in [0.29, 0.717) is 18.5 Å². The molecular weight excluding hydrogens is 226 g/mol. The molecule has 1 unspecified atom stereocenters. The van der Waals surface area contributed by atoms with E-state index in [9.17, 15) is 0 Å². The van der Waals surface area contributed by atoms with Crippen LogP contribution in [0.1, 0.15) is 29.4 Å². The zero-order valence-corrected chi connectivity index (χ0v) is 9.91. The van der Waals surface area contributed by atoms with Crippen molar-refractivity contribution >= 4 is 17.4 Å². The number of hydrogen-bond donors (Lipinski definition) is 2. The van der Waals surface area contributed by atoms with Crippen LogP contribution >= 0.6 is 11.3 Å². The topological polar surface area (TPSA) is 89.9 Å². The third kappa shape index (κ3) is 2.37. The zero-order chi connectivity index (χ0) is 11.5. The maximum absolute atomic E-state index is 5.61. The van der Waals surface area contributed by atoms with Gasteiger partial charge in [0.05, 0.1) is 23.8 Å². The molecule has 0 bridgehead atoms. The molecule has 0 spiro atoms. The molecule has 2 rings (SSSR count). The van der Waals surface area contributed by atoms with Gasteiger partial charge in [-0.2, -0.15) is 0 Å². The lowest BCUT2D eigenvalue weighted by Crippen LogP contribution is -2.04. The van der Waals surface area contributed by atoms with Crippen molar-refractivity contribution in [2.75, 3.05) is 5.32 Å². The van der Waals surface area contributed by atoms with Crippen LogP contribution in [0.4, 0.5) is 6.01 Å². The Morgan fingerprint density at radius 1 is 1.56 bits per heavy atom. The average molecular weight is 239 g/mol. The molecule has 0 saturated carbocycles. The van der Waals surface area contributed by atoms with Gasteiger partial charge in [-0.05, 0) is 13.8 Å². The molecule has 3 N–H and O–H groups in total. The number of aryl methyl sites for hydroxylation is 1. The van der Waals surface area contributed by atoms with E-state index in [-0.39, 0.29) is 6.04 Å². The minimum Gasteiger partial charge on any atom is -0.406 e. The summed E-state index contributed by atoms with van der Waals surface area (Å²) in [5.74, 6) is 0.434. The van der Waals surface area contributed by atoms with E-state index in [1.54, 1.807) is 18.3 Å². The van der Waals surface area contributed by atoms with Crippen molar-refractivity contribution in [2.24, 2.45) is 5.73 Å². The van der Waals surface area contributed by atoms with Crippen molar-refractivity contribution in [2.45, 2.75) is 26.4 Å². The highest BCUT2D eigenvalue weighted by Gasteiger charge is 2.10. The molecule has 0 saturated heterocycles. The lowest BCUT2D eigenvalue weighted by molar-refractivity contribution is 0.472. The fourth-order valence-electron chi connectivity index (χ4n) is 1.14. The summed E-state index contributed by atoms with van der Waals surface area (Å²) in [6, 6.07) is 0.147. The van der Waals surface area contributed by atoms with Gasteiger partial charge >= 0.3 is 6.01 Å². The summed E-state index contributed by atoms with van der Waals surface area (Å²) in [4.78, 5) is 5.31. The first-order valence-electron chi connectivity index (χ1n) is 4.88. The molecular formula is C9H13N5OS. The van der Waals surface area contributed by atoms with Gasteiger partial charge in [-0.15, -0.1) is 16.4 Å². The quantitative estimate of drug-likeness (QED) is 0.839. The molecule has 6 nitrogen and oxygen atoms in total. The van der Waals surface area contributed by atoms with E-state index >= 15 is 0 Å². The average Bonchev–Trinajstić information content (AvgIpc) is 2.83. The number of aromatic nitrogens is 3. The van der Waals surface area contributed by atoms with Crippen LogP contribution in [0.25, 0.3) is 0 Å². The molecule has 0 aromatic carbocycles. The van der Waals surface area contributed by atoms with Gasteiger partial charge in [-0.3, -0.25) is 0 Å². The smallest absolute Gasteiger partial charge is 0.315 e. The molecule has 2 aromatic heterocycles.